The molecule has 1 aromatic rings. The number of carbonyl (C=O) groups excluding carboxylic acids is 2. The highest BCUT2D eigenvalue weighted by atomic mass is 16.6. The summed E-state index contributed by atoms with van der Waals surface area (Å²) in [6.07, 6.45) is 1.78. The molecule has 0 radical (unpaired) electrons. The number of benzene rings is 1. The Morgan fingerprint density at radius 3 is 2.50 bits per heavy atom. The molecule has 1 fully saturated rings. The average molecular weight is 362 g/mol. The maximum absolute atomic E-state index is 12.3. The van der Waals surface area contributed by atoms with Crippen LogP contribution < -0.4 is 0 Å². The fourth-order valence-corrected chi connectivity index (χ4v) is 2.95. The van der Waals surface area contributed by atoms with Gasteiger partial charge in [0.2, 0.25) is 0 Å². The van der Waals surface area contributed by atoms with E-state index in [1.807, 2.05) is 51.1 Å². The second-order valence-corrected chi connectivity index (χ2v) is 7.70. The van der Waals surface area contributed by atoms with Crippen LogP contribution in [0.25, 0.3) is 0 Å². The van der Waals surface area contributed by atoms with Crippen molar-refractivity contribution in [1.29, 1.82) is 0 Å². The van der Waals surface area contributed by atoms with E-state index in [1.54, 1.807) is 16.8 Å². The van der Waals surface area contributed by atoms with Crippen molar-refractivity contribution in [3.63, 3.8) is 0 Å². The number of nitrogens with zero attached hydrogens (tertiary/aromatic N) is 2. The molecule has 1 aliphatic heterocycles. The van der Waals surface area contributed by atoms with Crippen LogP contribution in [-0.2, 0) is 16.1 Å². The van der Waals surface area contributed by atoms with Gasteiger partial charge < -0.3 is 19.3 Å². The highest BCUT2D eigenvalue weighted by molar-refractivity contribution is 5.69. The smallest absolute Gasteiger partial charge is 0.410 e. The first kappa shape index (κ1) is 20.1. The number of rotatable bonds is 3. The number of carbonyl (C=O) groups is 2. The van der Waals surface area contributed by atoms with Crippen molar-refractivity contribution in [2.75, 3.05) is 20.1 Å². The van der Waals surface area contributed by atoms with Crippen molar-refractivity contribution in [3.05, 3.63) is 35.9 Å². The molecule has 0 N–H and O–H groups in total. The van der Waals surface area contributed by atoms with E-state index < -0.39 is 5.60 Å². The fraction of sp³-hybridized carbons (Fsp3) is 0.600. The first-order chi connectivity index (χ1) is 12.3. The predicted octanol–water partition coefficient (Wildman–Crippen LogP) is 4.04. The third kappa shape index (κ3) is 6.24. The van der Waals surface area contributed by atoms with Crippen LogP contribution in [-0.4, -0.2) is 53.8 Å². The van der Waals surface area contributed by atoms with Crippen LogP contribution in [0.1, 0.15) is 45.6 Å². The highest BCUT2D eigenvalue weighted by Crippen LogP contribution is 2.19. The lowest BCUT2D eigenvalue weighted by Gasteiger charge is -2.28. The Morgan fingerprint density at radius 2 is 1.85 bits per heavy atom. The normalized spacial score (nSPS) is 18.0. The summed E-state index contributed by atoms with van der Waals surface area (Å²) in [6, 6.07) is 9.69. The summed E-state index contributed by atoms with van der Waals surface area (Å²) in [6.45, 7) is 7.08. The van der Waals surface area contributed by atoms with Gasteiger partial charge in [0, 0.05) is 26.2 Å². The number of ether oxygens (including phenoxy) is 2. The Balaban J connectivity index is 1.83. The molecule has 0 spiro atoms. The molecular weight excluding hydrogens is 332 g/mol. The number of hydrogen-bond donors (Lipinski definition) is 0. The summed E-state index contributed by atoms with van der Waals surface area (Å²) in [4.78, 5) is 27.9. The molecule has 144 valence electrons. The Labute approximate surface area is 156 Å². The van der Waals surface area contributed by atoms with E-state index in [9.17, 15) is 9.59 Å². The lowest BCUT2D eigenvalue weighted by Crippen LogP contribution is -2.40. The molecule has 2 rings (SSSR count). The standard InChI is InChI=1S/C20H30N2O4/c1-20(2,3)26-19(24)22-13-8-11-17(12-14-22)21(4)18(23)25-15-16-9-6-5-7-10-16/h5-7,9-10,17H,8,11-15H2,1-4H3. The van der Waals surface area contributed by atoms with Crippen LogP contribution in [0.4, 0.5) is 9.59 Å². The topological polar surface area (TPSA) is 59.1 Å². The minimum Gasteiger partial charge on any atom is -0.445 e. The summed E-state index contributed by atoms with van der Waals surface area (Å²) in [7, 11) is 1.77. The van der Waals surface area contributed by atoms with Gasteiger partial charge in [-0.1, -0.05) is 30.3 Å². The molecule has 1 aliphatic rings. The summed E-state index contributed by atoms with van der Waals surface area (Å²) in [5.41, 5.74) is 0.465. The Kier molecular flexibility index (Phi) is 6.89. The third-order valence-electron chi connectivity index (χ3n) is 4.39. The fourth-order valence-electron chi connectivity index (χ4n) is 2.95. The van der Waals surface area contributed by atoms with Crippen molar-refractivity contribution < 1.29 is 19.1 Å². The molecule has 6 nitrogen and oxygen atoms in total. The summed E-state index contributed by atoms with van der Waals surface area (Å²) in [5, 5.41) is 0. The monoisotopic (exact) mass is 362 g/mol. The molecule has 1 saturated heterocycles. The summed E-state index contributed by atoms with van der Waals surface area (Å²) in [5.74, 6) is 0. The lowest BCUT2D eigenvalue weighted by molar-refractivity contribution is 0.0253. The lowest BCUT2D eigenvalue weighted by atomic mass is 10.1. The first-order valence-electron chi connectivity index (χ1n) is 9.18. The van der Waals surface area contributed by atoms with Gasteiger partial charge in [-0.2, -0.15) is 0 Å². The molecule has 0 saturated carbocycles. The van der Waals surface area contributed by atoms with Gasteiger partial charge in [0.1, 0.15) is 12.2 Å². The zero-order chi connectivity index (χ0) is 19.2. The maximum atomic E-state index is 12.3. The highest BCUT2D eigenvalue weighted by Gasteiger charge is 2.28. The van der Waals surface area contributed by atoms with E-state index in [0.717, 1.165) is 24.8 Å². The van der Waals surface area contributed by atoms with Crippen molar-refractivity contribution in [2.45, 2.75) is 58.3 Å². The van der Waals surface area contributed by atoms with Gasteiger partial charge in [-0.05, 0) is 45.6 Å². The van der Waals surface area contributed by atoms with Gasteiger partial charge >= 0.3 is 12.2 Å². The number of hydrogen-bond acceptors (Lipinski definition) is 4. The number of amides is 2. The molecule has 6 heteroatoms. The van der Waals surface area contributed by atoms with E-state index in [2.05, 4.69) is 0 Å². The van der Waals surface area contributed by atoms with Gasteiger partial charge in [-0.25, -0.2) is 9.59 Å². The predicted molar refractivity (Wildman–Crippen MR) is 99.8 cm³/mol. The van der Waals surface area contributed by atoms with Gasteiger partial charge in [0.25, 0.3) is 0 Å². The van der Waals surface area contributed by atoms with E-state index in [-0.39, 0.29) is 24.8 Å². The van der Waals surface area contributed by atoms with Crippen LogP contribution in [0, 0.1) is 0 Å². The first-order valence-corrected chi connectivity index (χ1v) is 9.18. The number of likely N-dealkylation sites (tertiary alicyclic amines) is 1. The SMILES string of the molecule is CN(C(=O)OCc1ccccc1)C1CCCN(C(=O)OC(C)(C)C)CC1. The largest absolute Gasteiger partial charge is 0.445 e. The zero-order valence-electron chi connectivity index (χ0n) is 16.2. The van der Waals surface area contributed by atoms with Crippen LogP contribution in [0.2, 0.25) is 0 Å². The Bertz CT molecular complexity index is 598. The van der Waals surface area contributed by atoms with Crippen molar-refractivity contribution in [3.8, 4) is 0 Å². The van der Waals surface area contributed by atoms with Crippen molar-refractivity contribution in [2.24, 2.45) is 0 Å². The van der Waals surface area contributed by atoms with Crippen LogP contribution >= 0.6 is 0 Å². The molecule has 0 aliphatic carbocycles. The molecular formula is C20H30N2O4. The molecule has 1 unspecified atom stereocenters. The molecule has 2 amide bonds. The summed E-state index contributed by atoms with van der Waals surface area (Å²) < 4.78 is 10.9. The molecule has 1 aromatic carbocycles. The zero-order valence-corrected chi connectivity index (χ0v) is 16.2. The molecule has 1 atom stereocenters. The van der Waals surface area contributed by atoms with E-state index in [1.165, 1.54) is 0 Å². The van der Waals surface area contributed by atoms with E-state index >= 15 is 0 Å². The summed E-state index contributed by atoms with van der Waals surface area (Å²) >= 11 is 0. The Morgan fingerprint density at radius 1 is 1.15 bits per heavy atom. The minimum atomic E-state index is -0.499. The second kappa shape index (κ2) is 8.92. The van der Waals surface area contributed by atoms with Crippen molar-refractivity contribution >= 4 is 12.2 Å². The van der Waals surface area contributed by atoms with Gasteiger partial charge in [-0.15, -0.1) is 0 Å². The van der Waals surface area contributed by atoms with Crippen LogP contribution in [0.3, 0.4) is 0 Å². The second-order valence-electron chi connectivity index (χ2n) is 7.70. The average Bonchev–Trinajstić information content (AvgIpc) is 2.84. The molecule has 26 heavy (non-hydrogen) atoms. The minimum absolute atomic E-state index is 0.0608. The van der Waals surface area contributed by atoms with Gasteiger partial charge in [0.05, 0.1) is 0 Å². The van der Waals surface area contributed by atoms with E-state index in [0.29, 0.717) is 13.1 Å². The Hall–Kier alpha value is -2.24. The van der Waals surface area contributed by atoms with E-state index in [4.69, 9.17) is 9.47 Å². The van der Waals surface area contributed by atoms with Crippen molar-refractivity contribution in [1.82, 2.24) is 9.80 Å². The third-order valence-corrected chi connectivity index (χ3v) is 4.39. The van der Waals surface area contributed by atoms with Crippen LogP contribution in [0.15, 0.2) is 30.3 Å². The van der Waals surface area contributed by atoms with Crippen LogP contribution in [0.5, 0.6) is 0 Å². The van der Waals surface area contributed by atoms with Gasteiger partial charge in [-0.3, -0.25) is 0 Å². The molecule has 1 heterocycles. The molecule has 0 aromatic heterocycles. The quantitative estimate of drug-likeness (QED) is 0.814. The molecule has 0 bridgehead atoms. The maximum Gasteiger partial charge on any atom is 0.410 e. The van der Waals surface area contributed by atoms with Gasteiger partial charge in [0.15, 0.2) is 0 Å².